The van der Waals surface area contributed by atoms with Crippen molar-refractivity contribution in [1.29, 1.82) is 0 Å². The number of hydrogen-bond donors (Lipinski definition) is 1. The second-order valence-electron chi connectivity index (χ2n) is 7.45. The van der Waals surface area contributed by atoms with Crippen LogP contribution in [0.5, 0.6) is 0 Å². The highest BCUT2D eigenvalue weighted by atomic mass is 32.1. The molecule has 2 fully saturated rings. The van der Waals surface area contributed by atoms with Crippen molar-refractivity contribution in [3.05, 3.63) is 16.1 Å². The minimum Gasteiger partial charge on any atom is -0.357 e. The lowest BCUT2D eigenvalue weighted by molar-refractivity contribution is 0.203. The van der Waals surface area contributed by atoms with Gasteiger partial charge in [0, 0.05) is 43.7 Å². The minimum absolute atomic E-state index is 0.590. The summed E-state index contributed by atoms with van der Waals surface area (Å²) in [6, 6.07) is 0. The van der Waals surface area contributed by atoms with Crippen molar-refractivity contribution >= 4 is 17.3 Å². The van der Waals surface area contributed by atoms with E-state index >= 15 is 0 Å². The van der Waals surface area contributed by atoms with Crippen LogP contribution in [0.25, 0.3) is 0 Å². The number of thiazole rings is 1. The summed E-state index contributed by atoms with van der Waals surface area (Å²) in [7, 11) is 0. The molecule has 1 saturated carbocycles. The second-order valence-corrected chi connectivity index (χ2v) is 8.40. The molecule has 3 rings (SSSR count). The first-order valence-corrected chi connectivity index (χ1v) is 10.5. The van der Waals surface area contributed by atoms with Gasteiger partial charge in [-0.15, -0.1) is 11.3 Å². The molecule has 0 aromatic carbocycles. The van der Waals surface area contributed by atoms with E-state index in [2.05, 4.69) is 34.4 Å². The van der Waals surface area contributed by atoms with Gasteiger partial charge in [-0.2, -0.15) is 0 Å². The number of hydrogen-bond acceptors (Lipinski definition) is 3. The van der Waals surface area contributed by atoms with Crippen LogP contribution in [-0.2, 0) is 6.42 Å². The monoisotopic (exact) mass is 348 g/mol. The molecule has 4 nitrogen and oxygen atoms in total. The van der Waals surface area contributed by atoms with E-state index < -0.39 is 0 Å². The number of nitrogens with one attached hydrogen (secondary N) is 1. The van der Waals surface area contributed by atoms with E-state index in [1.807, 2.05) is 0 Å². The first kappa shape index (κ1) is 17.7. The van der Waals surface area contributed by atoms with Gasteiger partial charge in [0.25, 0.3) is 0 Å². The molecule has 1 spiro atoms. The molecule has 1 aliphatic heterocycles. The van der Waals surface area contributed by atoms with Crippen LogP contribution in [0.1, 0.15) is 62.6 Å². The molecule has 0 unspecified atom stereocenters. The predicted octanol–water partition coefficient (Wildman–Crippen LogP) is 4.01. The van der Waals surface area contributed by atoms with E-state index in [-0.39, 0.29) is 0 Å². The summed E-state index contributed by atoms with van der Waals surface area (Å²) in [5, 5.41) is 6.89. The molecule has 0 amide bonds. The molecular formula is C19H32N4S. The number of aliphatic imine (C=N–C) groups is 1. The number of guanidine groups is 1. The standard InChI is InChI=1S/C19H32N4S/c1-3-20-18(21-12-7-8-17-22-16(2)14-24-17)23-13-11-19(15-23)9-5-4-6-10-19/h14H,3-13,15H2,1-2H3,(H,20,21). The van der Waals surface area contributed by atoms with Crippen LogP contribution in [0.3, 0.4) is 0 Å². The molecule has 0 radical (unpaired) electrons. The van der Waals surface area contributed by atoms with Crippen molar-refractivity contribution in [3.8, 4) is 0 Å². The third-order valence-electron chi connectivity index (χ3n) is 5.46. The van der Waals surface area contributed by atoms with Crippen LogP contribution in [0.15, 0.2) is 10.4 Å². The molecule has 0 bridgehead atoms. The average molecular weight is 349 g/mol. The predicted molar refractivity (Wildman–Crippen MR) is 103 cm³/mol. The first-order chi connectivity index (χ1) is 11.7. The Balaban J connectivity index is 1.52. The van der Waals surface area contributed by atoms with Crippen LogP contribution in [0.2, 0.25) is 0 Å². The van der Waals surface area contributed by atoms with Crippen LogP contribution in [0.4, 0.5) is 0 Å². The van der Waals surface area contributed by atoms with Gasteiger partial charge in [-0.1, -0.05) is 19.3 Å². The molecule has 1 aromatic heterocycles. The Morgan fingerprint density at radius 3 is 2.88 bits per heavy atom. The zero-order chi connectivity index (χ0) is 16.8. The summed E-state index contributed by atoms with van der Waals surface area (Å²) in [4.78, 5) is 12.0. The fraction of sp³-hybridized carbons (Fsp3) is 0.789. The summed E-state index contributed by atoms with van der Waals surface area (Å²) >= 11 is 1.77. The zero-order valence-electron chi connectivity index (χ0n) is 15.3. The Morgan fingerprint density at radius 1 is 1.33 bits per heavy atom. The van der Waals surface area contributed by atoms with Crippen molar-refractivity contribution in [3.63, 3.8) is 0 Å². The van der Waals surface area contributed by atoms with Gasteiger partial charge in [0.15, 0.2) is 5.96 Å². The highest BCUT2D eigenvalue weighted by Crippen LogP contribution is 2.43. The van der Waals surface area contributed by atoms with E-state index in [0.717, 1.165) is 37.6 Å². The first-order valence-electron chi connectivity index (χ1n) is 9.65. The lowest BCUT2D eigenvalue weighted by Gasteiger charge is -2.33. The van der Waals surface area contributed by atoms with Gasteiger partial charge in [0.05, 0.1) is 5.01 Å². The fourth-order valence-corrected chi connectivity index (χ4v) is 5.00. The van der Waals surface area contributed by atoms with Gasteiger partial charge >= 0.3 is 0 Å². The van der Waals surface area contributed by atoms with Gasteiger partial charge in [0.1, 0.15) is 0 Å². The Bertz CT molecular complexity index is 545. The highest BCUT2D eigenvalue weighted by molar-refractivity contribution is 7.09. The molecule has 5 heteroatoms. The lowest BCUT2D eigenvalue weighted by atomic mass is 9.73. The van der Waals surface area contributed by atoms with Crippen molar-refractivity contribution < 1.29 is 0 Å². The lowest BCUT2D eigenvalue weighted by Crippen LogP contribution is -2.41. The Kier molecular flexibility index (Phi) is 6.14. The fourth-order valence-electron chi connectivity index (χ4n) is 4.18. The van der Waals surface area contributed by atoms with E-state index in [0.29, 0.717) is 5.41 Å². The maximum Gasteiger partial charge on any atom is 0.193 e. The number of likely N-dealkylation sites (tertiary alicyclic amines) is 1. The van der Waals surface area contributed by atoms with Gasteiger partial charge in [0.2, 0.25) is 0 Å². The number of nitrogens with zero attached hydrogens (tertiary/aromatic N) is 3. The van der Waals surface area contributed by atoms with Crippen LogP contribution < -0.4 is 5.32 Å². The maximum absolute atomic E-state index is 4.90. The Morgan fingerprint density at radius 2 is 2.17 bits per heavy atom. The summed E-state index contributed by atoms with van der Waals surface area (Å²) < 4.78 is 0. The molecule has 1 aliphatic carbocycles. The van der Waals surface area contributed by atoms with Gasteiger partial charge < -0.3 is 10.2 Å². The van der Waals surface area contributed by atoms with Crippen molar-refractivity contribution in [2.24, 2.45) is 10.4 Å². The zero-order valence-corrected chi connectivity index (χ0v) is 16.1. The van der Waals surface area contributed by atoms with E-state index in [1.165, 1.54) is 56.6 Å². The van der Waals surface area contributed by atoms with Crippen LogP contribution in [-0.4, -0.2) is 42.0 Å². The van der Waals surface area contributed by atoms with Crippen LogP contribution >= 0.6 is 11.3 Å². The Hall–Kier alpha value is -1.10. The molecule has 2 aliphatic rings. The summed E-state index contributed by atoms with van der Waals surface area (Å²) in [6.45, 7) is 8.47. The van der Waals surface area contributed by atoms with Gasteiger partial charge in [-0.05, 0) is 44.9 Å². The molecule has 1 aromatic rings. The number of rotatable bonds is 5. The van der Waals surface area contributed by atoms with Gasteiger partial charge in [-0.3, -0.25) is 4.99 Å². The largest absolute Gasteiger partial charge is 0.357 e. The topological polar surface area (TPSA) is 40.5 Å². The molecular weight excluding hydrogens is 316 g/mol. The molecule has 24 heavy (non-hydrogen) atoms. The molecule has 134 valence electrons. The normalized spacial score (nSPS) is 20.8. The third kappa shape index (κ3) is 4.50. The molecule has 1 N–H and O–H groups in total. The summed E-state index contributed by atoms with van der Waals surface area (Å²) in [5.41, 5.74) is 1.73. The van der Waals surface area contributed by atoms with E-state index in [1.54, 1.807) is 11.3 Å². The SMILES string of the molecule is CCNC(=NCCCc1nc(C)cs1)N1CCC2(CCCCC2)C1. The smallest absolute Gasteiger partial charge is 0.193 e. The molecule has 0 atom stereocenters. The average Bonchev–Trinajstić information content (AvgIpc) is 3.18. The second kappa shape index (κ2) is 8.32. The van der Waals surface area contributed by atoms with E-state index in [9.17, 15) is 0 Å². The third-order valence-corrected chi connectivity index (χ3v) is 6.49. The molecule has 1 saturated heterocycles. The van der Waals surface area contributed by atoms with Crippen molar-refractivity contribution in [1.82, 2.24) is 15.2 Å². The van der Waals surface area contributed by atoms with Gasteiger partial charge in [-0.25, -0.2) is 4.98 Å². The van der Waals surface area contributed by atoms with Crippen molar-refractivity contribution in [2.75, 3.05) is 26.2 Å². The number of aromatic nitrogens is 1. The summed E-state index contributed by atoms with van der Waals surface area (Å²) in [6.07, 6.45) is 10.6. The number of aryl methyl sites for hydroxylation is 2. The Labute approximate surface area is 150 Å². The maximum atomic E-state index is 4.90. The quantitative estimate of drug-likeness (QED) is 0.497. The highest BCUT2D eigenvalue weighted by Gasteiger charge is 2.39. The van der Waals surface area contributed by atoms with Crippen molar-refractivity contribution in [2.45, 2.75) is 65.2 Å². The summed E-state index contributed by atoms with van der Waals surface area (Å²) in [5.74, 6) is 1.13. The minimum atomic E-state index is 0.590. The molecule has 2 heterocycles. The van der Waals surface area contributed by atoms with Crippen LogP contribution in [0, 0.1) is 12.3 Å². The van der Waals surface area contributed by atoms with E-state index in [4.69, 9.17) is 4.99 Å².